The van der Waals surface area contributed by atoms with Crippen molar-refractivity contribution in [3.8, 4) is 5.75 Å². The Morgan fingerprint density at radius 3 is 2.69 bits per heavy atom. The highest BCUT2D eigenvalue weighted by atomic mass is 16.5. The fraction of sp³-hybridized carbons (Fsp3) is 0.238. The van der Waals surface area contributed by atoms with Crippen LogP contribution in [0.4, 0.5) is 17.5 Å². The molecule has 0 saturated heterocycles. The van der Waals surface area contributed by atoms with E-state index in [1.165, 1.54) is 16.7 Å². The summed E-state index contributed by atoms with van der Waals surface area (Å²) in [6.45, 7) is 4.96. The predicted molar refractivity (Wildman–Crippen MR) is 106 cm³/mol. The highest BCUT2D eigenvalue weighted by molar-refractivity contribution is 5.58. The maximum atomic E-state index is 5.25. The Balaban J connectivity index is 1.59. The maximum absolute atomic E-state index is 5.25. The van der Waals surface area contributed by atoms with Gasteiger partial charge in [0.1, 0.15) is 11.6 Å². The van der Waals surface area contributed by atoms with Crippen LogP contribution in [0.1, 0.15) is 16.7 Å². The second-order valence-electron chi connectivity index (χ2n) is 6.22. The molecule has 2 N–H and O–H groups in total. The summed E-state index contributed by atoms with van der Waals surface area (Å²) in [7, 11) is 1.68. The first-order chi connectivity index (χ1) is 12.6. The van der Waals surface area contributed by atoms with Gasteiger partial charge in [0.2, 0.25) is 5.95 Å². The molecule has 0 aliphatic rings. The zero-order valence-electron chi connectivity index (χ0n) is 15.4. The molecular weight excluding hydrogens is 324 g/mol. The van der Waals surface area contributed by atoms with Gasteiger partial charge in [-0.2, -0.15) is 4.98 Å². The SMILES string of the molecule is COc1cccc(CCNc2nccc(Nc3ccc(C)c(C)c3)n2)c1. The minimum absolute atomic E-state index is 0.613. The standard InChI is InChI=1S/C21H24N4O/c1-15-7-8-18(13-16(15)2)24-20-10-12-23-21(25-20)22-11-9-17-5-4-6-19(14-17)26-3/h4-8,10,12-14H,9,11H2,1-3H3,(H2,22,23,24,25). The molecule has 5 heteroatoms. The van der Waals surface area contributed by atoms with Gasteiger partial charge < -0.3 is 15.4 Å². The smallest absolute Gasteiger partial charge is 0.224 e. The highest BCUT2D eigenvalue weighted by Crippen LogP contribution is 2.19. The molecule has 0 spiro atoms. The van der Waals surface area contributed by atoms with E-state index in [2.05, 4.69) is 58.7 Å². The molecule has 134 valence electrons. The van der Waals surface area contributed by atoms with Crippen LogP contribution in [-0.4, -0.2) is 23.6 Å². The van der Waals surface area contributed by atoms with E-state index in [0.717, 1.165) is 30.2 Å². The number of nitrogens with zero attached hydrogens (tertiary/aromatic N) is 2. The number of hydrogen-bond acceptors (Lipinski definition) is 5. The quantitative estimate of drug-likeness (QED) is 0.658. The lowest BCUT2D eigenvalue weighted by atomic mass is 10.1. The Morgan fingerprint density at radius 1 is 1.00 bits per heavy atom. The van der Waals surface area contributed by atoms with E-state index < -0.39 is 0 Å². The van der Waals surface area contributed by atoms with Crippen molar-refractivity contribution in [1.82, 2.24) is 9.97 Å². The zero-order chi connectivity index (χ0) is 18.4. The van der Waals surface area contributed by atoms with E-state index in [1.807, 2.05) is 24.3 Å². The average molecular weight is 348 g/mol. The summed E-state index contributed by atoms with van der Waals surface area (Å²) in [6.07, 6.45) is 2.62. The third-order valence-corrected chi connectivity index (χ3v) is 4.27. The van der Waals surface area contributed by atoms with Gasteiger partial charge in [0.15, 0.2) is 0 Å². The van der Waals surface area contributed by atoms with Crippen molar-refractivity contribution in [2.24, 2.45) is 0 Å². The molecule has 3 rings (SSSR count). The van der Waals surface area contributed by atoms with Gasteiger partial charge in [-0.15, -0.1) is 0 Å². The number of hydrogen-bond donors (Lipinski definition) is 2. The molecule has 0 aliphatic heterocycles. The number of ether oxygens (including phenoxy) is 1. The number of aromatic nitrogens is 2. The van der Waals surface area contributed by atoms with Crippen molar-refractivity contribution in [1.29, 1.82) is 0 Å². The van der Waals surface area contributed by atoms with Crippen molar-refractivity contribution in [2.45, 2.75) is 20.3 Å². The number of aryl methyl sites for hydroxylation is 2. The maximum Gasteiger partial charge on any atom is 0.224 e. The van der Waals surface area contributed by atoms with Gasteiger partial charge in [-0.25, -0.2) is 4.98 Å². The molecule has 26 heavy (non-hydrogen) atoms. The van der Waals surface area contributed by atoms with E-state index >= 15 is 0 Å². The first kappa shape index (κ1) is 17.7. The van der Waals surface area contributed by atoms with E-state index in [9.17, 15) is 0 Å². The number of rotatable bonds is 7. The Morgan fingerprint density at radius 2 is 1.88 bits per heavy atom. The van der Waals surface area contributed by atoms with Gasteiger partial charge in [0, 0.05) is 18.4 Å². The normalized spacial score (nSPS) is 10.4. The molecular formula is C21H24N4O. The number of nitrogens with one attached hydrogen (secondary N) is 2. The molecule has 5 nitrogen and oxygen atoms in total. The van der Waals surface area contributed by atoms with E-state index in [4.69, 9.17) is 4.74 Å². The molecule has 0 saturated carbocycles. The van der Waals surface area contributed by atoms with Gasteiger partial charge >= 0.3 is 0 Å². The highest BCUT2D eigenvalue weighted by Gasteiger charge is 2.02. The molecule has 0 fully saturated rings. The topological polar surface area (TPSA) is 59.1 Å². The summed E-state index contributed by atoms with van der Waals surface area (Å²) in [5, 5.41) is 6.60. The monoisotopic (exact) mass is 348 g/mol. The van der Waals surface area contributed by atoms with E-state index in [1.54, 1.807) is 13.3 Å². The summed E-state index contributed by atoms with van der Waals surface area (Å²) >= 11 is 0. The second-order valence-corrected chi connectivity index (χ2v) is 6.22. The number of benzene rings is 2. The lowest BCUT2D eigenvalue weighted by Gasteiger charge is -2.10. The molecule has 1 aromatic heterocycles. The molecule has 0 aliphatic carbocycles. The van der Waals surface area contributed by atoms with Crippen LogP contribution in [0.3, 0.4) is 0 Å². The fourth-order valence-corrected chi connectivity index (χ4v) is 2.63. The van der Waals surface area contributed by atoms with Crippen LogP contribution in [0.5, 0.6) is 5.75 Å². The van der Waals surface area contributed by atoms with Crippen LogP contribution in [0.2, 0.25) is 0 Å². The second kappa shape index (κ2) is 8.34. The average Bonchev–Trinajstić information content (AvgIpc) is 2.65. The van der Waals surface area contributed by atoms with Gasteiger partial charge in [-0.1, -0.05) is 18.2 Å². The van der Waals surface area contributed by atoms with E-state index in [-0.39, 0.29) is 0 Å². The minimum atomic E-state index is 0.613. The molecule has 0 unspecified atom stereocenters. The lowest BCUT2D eigenvalue weighted by molar-refractivity contribution is 0.414. The van der Waals surface area contributed by atoms with Gasteiger partial charge in [0.05, 0.1) is 7.11 Å². The largest absolute Gasteiger partial charge is 0.497 e. The molecule has 0 atom stereocenters. The zero-order valence-corrected chi connectivity index (χ0v) is 15.4. The molecule has 0 amide bonds. The first-order valence-corrected chi connectivity index (χ1v) is 8.68. The van der Waals surface area contributed by atoms with Gasteiger partial charge in [-0.3, -0.25) is 0 Å². The van der Waals surface area contributed by atoms with Crippen molar-refractivity contribution >= 4 is 17.5 Å². The van der Waals surface area contributed by atoms with Crippen LogP contribution in [-0.2, 0) is 6.42 Å². The molecule has 2 aromatic carbocycles. The number of methoxy groups -OCH3 is 1. The summed E-state index contributed by atoms with van der Waals surface area (Å²) in [5.74, 6) is 2.26. The van der Waals surface area contributed by atoms with Gasteiger partial charge in [0.25, 0.3) is 0 Å². The molecule has 1 heterocycles. The molecule has 3 aromatic rings. The van der Waals surface area contributed by atoms with Crippen LogP contribution in [0, 0.1) is 13.8 Å². The fourth-order valence-electron chi connectivity index (χ4n) is 2.63. The third-order valence-electron chi connectivity index (χ3n) is 4.27. The minimum Gasteiger partial charge on any atom is -0.497 e. The van der Waals surface area contributed by atoms with Crippen LogP contribution in [0.25, 0.3) is 0 Å². The van der Waals surface area contributed by atoms with Crippen molar-refractivity contribution in [3.63, 3.8) is 0 Å². The third kappa shape index (κ3) is 4.72. The molecule has 0 radical (unpaired) electrons. The molecule has 0 bridgehead atoms. The Hall–Kier alpha value is -3.08. The van der Waals surface area contributed by atoms with E-state index in [0.29, 0.717) is 5.95 Å². The Labute approximate surface area is 154 Å². The number of anilines is 3. The first-order valence-electron chi connectivity index (χ1n) is 8.68. The summed E-state index contributed by atoms with van der Waals surface area (Å²) in [5.41, 5.74) is 4.76. The van der Waals surface area contributed by atoms with Crippen LogP contribution < -0.4 is 15.4 Å². The van der Waals surface area contributed by atoms with Crippen molar-refractivity contribution < 1.29 is 4.74 Å². The van der Waals surface area contributed by atoms with Gasteiger partial charge in [-0.05, 0) is 67.3 Å². The summed E-state index contributed by atoms with van der Waals surface area (Å²) in [4.78, 5) is 8.82. The summed E-state index contributed by atoms with van der Waals surface area (Å²) < 4.78 is 5.25. The lowest BCUT2D eigenvalue weighted by Crippen LogP contribution is -2.08. The van der Waals surface area contributed by atoms with Crippen molar-refractivity contribution in [2.75, 3.05) is 24.3 Å². The summed E-state index contributed by atoms with van der Waals surface area (Å²) in [6, 6.07) is 16.2. The van der Waals surface area contributed by atoms with Crippen LogP contribution in [0.15, 0.2) is 54.7 Å². The van der Waals surface area contributed by atoms with Crippen molar-refractivity contribution in [3.05, 3.63) is 71.4 Å². The van der Waals surface area contributed by atoms with Crippen LogP contribution >= 0.6 is 0 Å². The Kier molecular flexibility index (Phi) is 5.69. The Bertz CT molecular complexity index is 879. The predicted octanol–water partition coefficient (Wildman–Crippen LogP) is 4.50.